The Morgan fingerprint density at radius 1 is 1.24 bits per heavy atom. The van der Waals surface area contributed by atoms with Crippen LogP contribution in [0.4, 0.5) is 0 Å². The molecule has 0 bridgehead atoms. The van der Waals surface area contributed by atoms with Crippen molar-refractivity contribution in [2.75, 3.05) is 7.11 Å². The summed E-state index contributed by atoms with van der Waals surface area (Å²) in [5.41, 5.74) is 7.55. The molecule has 0 aliphatic heterocycles. The normalized spacial score (nSPS) is 13.5. The van der Waals surface area contributed by atoms with Crippen LogP contribution in [0.5, 0.6) is 5.75 Å². The van der Waals surface area contributed by atoms with Crippen molar-refractivity contribution in [3.63, 3.8) is 0 Å². The molecule has 0 aromatic heterocycles. The van der Waals surface area contributed by atoms with E-state index in [4.69, 9.17) is 10.5 Å². The fraction of sp³-hybridized carbons (Fsp3) is 0.600. The first-order chi connectivity index (χ1) is 7.93. The lowest BCUT2D eigenvalue weighted by Crippen LogP contribution is -2.25. The van der Waals surface area contributed by atoms with Gasteiger partial charge in [0.25, 0.3) is 0 Å². The maximum absolute atomic E-state index is 5.87. The highest BCUT2D eigenvalue weighted by Crippen LogP contribution is 2.28. The van der Waals surface area contributed by atoms with Crippen LogP contribution in [0.2, 0.25) is 0 Å². The molecule has 0 aliphatic carbocycles. The second kappa shape index (κ2) is 6.06. The fourth-order valence-electron chi connectivity index (χ4n) is 2.25. The van der Waals surface area contributed by atoms with Crippen molar-refractivity contribution in [2.45, 2.75) is 46.1 Å². The first-order valence-corrected chi connectivity index (χ1v) is 6.31. The first-order valence-electron chi connectivity index (χ1n) is 6.31. The van der Waals surface area contributed by atoms with Crippen molar-refractivity contribution in [3.05, 3.63) is 29.8 Å². The van der Waals surface area contributed by atoms with Crippen molar-refractivity contribution in [1.82, 2.24) is 0 Å². The predicted octanol–water partition coefficient (Wildman–Crippen LogP) is 3.39. The summed E-state index contributed by atoms with van der Waals surface area (Å²) in [5.74, 6) is 0.920. The van der Waals surface area contributed by atoms with Gasteiger partial charge in [-0.05, 0) is 49.3 Å². The zero-order valence-corrected chi connectivity index (χ0v) is 11.5. The molecule has 0 spiro atoms. The molecule has 0 saturated carbocycles. The van der Waals surface area contributed by atoms with Crippen LogP contribution in [-0.4, -0.2) is 13.2 Å². The zero-order chi connectivity index (χ0) is 12.9. The summed E-state index contributed by atoms with van der Waals surface area (Å²) in [5, 5.41) is 0. The van der Waals surface area contributed by atoms with E-state index in [-0.39, 0.29) is 6.04 Å². The highest BCUT2D eigenvalue weighted by molar-refractivity contribution is 5.27. The second-order valence-electron chi connectivity index (χ2n) is 5.69. The largest absolute Gasteiger partial charge is 0.497 e. The first kappa shape index (κ1) is 14.0. The molecule has 0 heterocycles. The molecule has 0 fully saturated rings. The third-order valence-corrected chi connectivity index (χ3v) is 3.12. The monoisotopic (exact) mass is 235 g/mol. The Morgan fingerprint density at radius 3 is 2.29 bits per heavy atom. The van der Waals surface area contributed by atoms with E-state index in [1.54, 1.807) is 7.11 Å². The Balaban J connectivity index is 2.48. The van der Waals surface area contributed by atoms with Crippen molar-refractivity contribution < 1.29 is 4.74 Å². The minimum Gasteiger partial charge on any atom is -0.497 e. The van der Waals surface area contributed by atoms with Crippen LogP contribution in [0.15, 0.2) is 24.3 Å². The van der Waals surface area contributed by atoms with E-state index in [1.165, 1.54) is 12.0 Å². The predicted molar refractivity (Wildman–Crippen MR) is 73.4 cm³/mol. The van der Waals surface area contributed by atoms with Crippen molar-refractivity contribution in [2.24, 2.45) is 11.1 Å². The van der Waals surface area contributed by atoms with Gasteiger partial charge in [-0.25, -0.2) is 0 Å². The molecule has 17 heavy (non-hydrogen) atoms. The number of benzene rings is 1. The Labute approximate surface area is 105 Å². The number of ether oxygens (including phenoxy) is 1. The number of rotatable bonds is 6. The highest BCUT2D eigenvalue weighted by Gasteiger charge is 2.19. The molecule has 0 amide bonds. The van der Waals surface area contributed by atoms with Gasteiger partial charge >= 0.3 is 0 Å². The van der Waals surface area contributed by atoms with E-state index in [1.807, 2.05) is 12.1 Å². The van der Waals surface area contributed by atoms with Crippen LogP contribution in [0.1, 0.15) is 39.2 Å². The molecular formula is C15H25NO. The number of hydrogen-bond donors (Lipinski definition) is 1. The molecule has 2 heteroatoms. The van der Waals surface area contributed by atoms with E-state index in [0.717, 1.165) is 18.6 Å². The van der Waals surface area contributed by atoms with Crippen LogP contribution in [0, 0.1) is 5.41 Å². The third kappa shape index (κ3) is 5.22. The smallest absolute Gasteiger partial charge is 0.118 e. The Bertz CT molecular complexity index is 327. The molecule has 1 rings (SSSR count). The van der Waals surface area contributed by atoms with E-state index in [2.05, 4.69) is 32.9 Å². The Kier molecular flexibility index (Phi) is 5.01. The van der Waals surface area contributed by atoms with Crippen LogP contribution in [0.25, 0.3) is 0 Å². The lowest BCUT2D eigenvalue weighted by atomic mass is 9.81. The van der Waals surface area contributed by atoms with Crippen LogP contribution < -0.4 is 10.5 Å². The van der Waals surface area contributed by atoms with E-state index in [9.17, 15) is 0 Å². The van der Waals surface area contributed by atoms with E-state index < -0.39 is 0 Å². The van der Waals surface area contributed by atoms with Crippen LogP contribution >= 0.6 is 0 Å². The van der Waals surface area contributed by atoms with Gasteiger partial charge in [-0.2, -0.15) is 0 Å². The summed E-state index contributed by atoms with van der Waals surface area (Å²) in [7, 11) is 1.70. The van der Waals surface area contributed by atoms with Gasteiger partial charge in [-0.1, -0.05) is 26.0 Å². The lowest BCUT2D eigenvalue weighted by molar-refractivity contribution is 0.287. The quantitative estimate of drug-likeness (QED) is 0.820. The van der Waals surface area contributed by atoms with Crippen LogP contribution in [0.3, 0.4) is 0 Å². The average molecular weight is 235 g/mol. The molecule has 2 N–H and O–H groups in total. The van der Waals surface area contributed by atoms with Gasteiger partial charge in [0.05, 0.1) is 7.11 Å². The average Bonchev–Trinajstić information content (AvgIpc) is 2.25. The molecule has 0 radical (unpaired) electrons. The summed E-state index contributed by atoms with van der Waals surface area (Å²) in [6, 6.07) is 8.60. The zero-order valence-electron chi connectivity index (χ0n) is 11.5. The SMILES string of the molecule is COc1ccc(CCC(C)(C)CC(C)N)cc1. The Morgan fingerprint density at radius 2 is 1.82 bits per heavy atom. The van der Waals surface area contributed by atoms with Gasteiger partial charge in [0, 0.05) is 6.04 Å². The molecule has 1 aromatic rings. The van der Waals surface area contributed by atoms with Gasteiger partial charge in [0.1, 0.15) is 5.75 Å². The Hall–Kier alpha value is -1.02. The fourth-order valence-corrected chi connectivity index (χ4v) is 2.25. The number of aryl methyl sites for hydroxylation is 1. The minimum atomic E-state index is 0.279. The molecule has 1 atom stereocenters. The van der Waals surface area contributed by atoms with Gasteiger partial charge < -0.3 is 10.5 Å². The summed E-state index contributed by atoms with van der Waals surface area (Å²) in [6.07, 6.45) is 3.34. The summed E-state index contributed by atoms with van der Waals surface area (Å²) in [6.45, 7) is 6.66. The van der Waals surface area contributed by atoms with E-state index >= 15 is 0 Å². The number of nitrogens with two attached hydrogens (primary N) is 1. The van der Waals surface area contributed by atoms with Gasteiger partial charge in [-0.15, -0.1) is 0 Å². The van der Waals surface area contributed by atoms with E-state index in [0.29, 0.717) is 5.41 Å². The van der Waals surface area contributed by atoms with Gasteiger partial charge in [0.15, 0.2) is 0 Å². The van der Waals surface area contributed by atoms with Gasteiger partial charge in [-0.3, -0.25) is 0 Å². The number of hydrogen-bond acceptors (Lipinski definition) is 2. The molecule has 96 valence electrons. The maximum Gasteiger partial charge on any atom is 0.118 e. The molecule has 1 unspecified atom stereocenters. The topological polar surface area (TPSA) is 35.2 Å². The lowest BCUT2D eigenvalue weighted by Gasteiger charge is -2.26. The van der Waals surface area contributed by atoms with Crippen molar-refractivity contribution in [3.8, 4) is 5.75 Å². The number of methoxy groups -OCH3 is 1. The van der Waals surface area contributed by atoms with Gasteiger partial charge in [0.2, 0.25) is 0 Å². The summed E-state index contributed by atoms with van der Waals surface area (Å²) < 4.78 is 5.15. The summed E-state index contributed by atoms with van der Waals surface area (Å²) in [4.78, 5) is 0. The second-order valence-corrected chi connectivity index (χ2v) is 5.69. The molecular weight excluding hydrogens is 210 g/mol. The van der Waals surface area contributed by atoms with Crippen molar-refractivity contribution >= 4 is 0 Å². The molecule has 0 saturated heterocycles. The maximum atomic E-state index is 5.87. The molecule has 0 aliphatic rings. The summed E-state index contributed by atoms with van der Waals surface area (Å²) >= 11 is 0. The highest BCUT2D eigenvalue weighted by atomic mass is 16.5. The standard InChI is InChI=1S/C15H25NO/c1-12(16)11-15(2,3)10-9-13-5-7-14(17-4)8-6-13/h5-8,12H,9-11,16H2,1-4H3. The van der Waals surface area contributed by atoms with Crippen LogP contribution in [-0.2, 0) is 6.42 Å². The molecule has 2 nitrogen and oxygen atoms in total. The molecule has 1 aromatic carbocycles. The minimum absolute atomic E-state index is 0.279. The van der Waals surface area contributed by atoms with Crippen molar-refractivity contribution in [1.29, 1.82) is 0 Å². The third-order valence-electron chi connectivity index (χ3n) is 3.12.